The van der Waals surface area contributed by atoms with Crippen LogP contribution in [0.25, 0.3) is 6.08 Å². The summed E-state index contributed by atoms with van der Waals surface area (Å²) >= 11 is 7.54. The Morgan fingerprint density at radius 2 is 1.87 bits per heavy atom. The van der Waals surface area contributed by atoms with E-state index in [4.69, 9.17) is 11.6 Å². The monoisotopic (exact) mass is 440 g/mol. The molecular formula is C24H25ClN2O2S. The lowest BCUT2D eigenvalue weighted by molar-refractivity contribution is -0.133. The van der Waals surface area contributed by atoms with Gasteiger partial charge in [-0.15, -0.1) is 0 Å². The van der Waals surface area contributed by atoms with Crippen LogP contribution in [0, 0.1) is 11.8 Å². The van der Waals surface area contributed by atoms with E-state index in [-0.39, 0.29) is 18.4 Å². The fourth-order valence-corrected chi connectivity index (χ4v) is 5.53. The van der Waals surface area contributed by atoms with Crippen LogP contribution in [-0.2, 0) is 9.59 Å². The largest absolute Gasteiger partial charge is 0.341 e. The Bertz CT molecular complexity index is 996. The van der Waals surface area contributed by atoms with Gasteiger partial charge in [-0.1, -0.05) is 61.5 Å². The number of rotatable bonds is 3. The number of carbonyl (C=O) groups excluding carboxylic acids is 2. The van der Waals surface area contributed by atoms with Crippen molar-refractivity contribution >= 4 is 46.9 Å². The van der Waals surface area contributed by atoms with E-state index in [9.17, 15) is 9.59 Å². The lowest BCUT2D eigenvalue weighted by atomic mass is 9.92. The molecule has 2 atom stereocenters. The Kier molecular flexibility index (Phi) is 6.21. The van der Waals surface area contributed by atoms with Gasteiger partial charge in [0, 0.05) is 23.0 Å². The summed E-state index contributed by atoms with van der Waals surface area (Å²) in [5, 5.41) is 0.624. The predicted molar refractivity (Wildman–Crippen MR) is 124 cm³/mol. The summed E-state index contributed by atoms with van der Waals surface area (Å²) in [7, 11) is 0. The Balaban J connectivity index is 1.62. The van der Waals surface area contributed by atoms with Crippen LogP contribution in [-0.4, -0.2) is 36.3 Å². The van der Waals surface area contributed by atoms with Gasteiger partial charge in [0.2, 0.25) is 5.91 Å². The van der Waals surface area contributed by atoms with E-state index in [1.807, 2.05) is 53.4 Å². The van der Waals surface area contributed by atoms with Crippen molar-refractivity contribution in [2.45, 2.75) is 25.2 Å². The Labute approximate surface area is 186 Å². The summed E-state index contributed by atoms with van der Waals surface area (Å²) in [4.78, 5) is 31.6. The number of amides is 2. The van der Waals surface area contributed by atoms with Crippen molar-refractivity contribution in [3.05, 3.63) is 64.0 Å². The van der Waals surface area contributed by atoms with Gasteiger partial charge in [-0.3, -0.25) is 14.5 Å². The predicted octanol–water partition coefficient (Wildman–Crippen LogP) is 5.32. The third kappa shape index (κ3) is 4.57. The number of benzene rings is 2. The van der Waals surface area contributed by atoms with Crippen molar-refractivity contribution in [2.24, 2.45) is 11.8 Å². The molecule has 2 aromatic carbocycles. The number of nitrogens with zero attached hydrogens (tertiary/aromatic N) is 2. The Morgan fingerprint density at radius 3 is 2.60 bits per heavy atom. The van der Waals surface area contributed by atoms with Crippen molar-refractivity contribution in [3.63, 3.8) is 0 Å². The summed E-state index contributed by atoms with van der Waals surface area (Å²) in [6.07, 6.45) is 2.98. The van der Waals surface area contributed by atoms with Crippen LogP contribution in [0.15, 0.2) is 58.3 Å². The minimum atomic E-state index is -0.148. The number of carbonyl (C=O) groups is 2. The molecule has 0 bridgehead atoms. The fourth-order valence-electron chi connectivity index (χ4n) is 4.27. The maximum Gasteiger partial charge on any atom is 0.265 e. The second kappa shape index (κ2) is 8.86. The normalized spacial score (nSPS) is 22.9. The van der Waals surface area contributed by atoms with E-state index in [1.54, 1.807) is 11.0 Å². The highest BCUT2D eigenvalue weighted by atomic mass is 35.5. The molecule has 0 aliphatic carbocycles. The van der Waals surface area contributed by atoms with Crippen molar-refractivity contribution in [2.75, 3.05) is 24.5 Å². The number of hydrogen-bond acceptors (Lipinski definition) is 3. The topological polar surface area (TPSA) is 40.6 Å². The highest BCUT2D eigenvalue weighted by molar-refractivity contribution is 8.04. The molecular weight excluding hydrogens is 416 g/mol. The third-order valence-corrected chi connectivity index (χ3v) is 6.81. The van der Waals surface area contributed by atoms with Crippen molar-refractivity contribution in [3.8, 4) is 0 Å². The van der Waals surface area contributed by atoms with Crippen LogP contribution >= 0.6 is 23.4 Å². The molecule has 0 saturated carbocycles. The molecule has 1 fully saturated rings. The van der Waals surface area contributed by atoms with E-state index < -0.39 is 0 Å². The number of para-hydroxylation sites is 1. The maximum absolute atomic E-state index is 13.4. The smallest absolute Gasteiger partial charge is 0.265 e. The minimum Gasteiger partial charge on any atom is -0.341 e. The second-order valence-electron chi connectivity index (χ2n) is 8.27. The second-order valence-corrected chi connectivity index (χ2v) is 9.79. The molecule has 0 N–H and O–H groups in total. The number of hydrogen-bond donors (Lipinski definition) is 0. The molecule has 30 heavy (non-hydrogen) atoms. The molecule has 156 valence electrons. The summed E-state index contributed by atoms with van der Waals surface area (Å²) < 4.78 is 0. The van der Waals surface area contributed by atoms with E-state index in [0.717, 1.165) is 35.7 Å². The van der Waals surface area contributed by atoms with Gasteiger partial charge in [0.15, 0.2) is 0 Å². The molecule has 6 heteroatoms. The third-order valence-electron chi connectivity index (χ3n) is 5.49. The first-order valence-corrected chi connectivity index (χ1v) is 11.4. The number of thioether (sulfide) groups is 1. The van der Waals surface area contributed by atoms with E-state index in [2.05, 4.69) is 13.8 Å². The molecule has 0 radical (unpaired) electrons. The number of fused-ring (bicyclic) bond motifs is 1. The van der Waals surface area contributed by atoms with E-state index in [0.29, 0.717) is 21.8 Å². The van der Waals surface area contributed by atoms with Gasteiger partial charge in [-0.25, -0.2) is 0 Å². The molecule has 2 amide bonds. The van der Waals surface area contributed by atoms with Gasteiger partial charge in [0.05, 0.1) is 10.6 Å². The molecule has 0 unspecified atom stereocenters. The summed E-state index contributed by atoms with van der Waals surface area (Å²) in [6.45, 7) is 5.93. The molecule has 2 aliphatic rings. The van der Waals surface area contributed by atoms with Crippen LogP contribution in [0.1, 0.15) is 25.8 Å². The van der Waals surface area contributed by atoms with Crippen molar-refractivity contribution in [1.82, 2.24) is 4.90 Å². The van der Waals surface area contributed by atoms with Gasteiger partial charge in [-0.2, -0.15) is 0 Å². The minimum absolute atomic E-state index is 0.00515. The van der Waals surface area contributed by atoms with Gasteiger partial charge >= 0.3 is 0 Å². The number of likely N-dealkylation sites (tertiary alicyclic amines) is 1. The fraction of sp³-hybridized carbons (Fsp3) is 0.333. The maximum atomic E-state index is 13.4. The molecule has 2 aromatic rings. The summed E-state index contributed by atoms with van der Waals surface area (Å²) in [5.74, 6) is 0.822. The number of anilines is 1. The molecule has 0 aromatic heterocycles. The summed E-state index contributed by atoms with van der Waals surface area (Å²) in [6, 6.07) is 15.2. The Hall–Kier alpha value is -2.24. The molecule has 2 heterocycles. The quantitative estimate of drug-likeness (QED) is 0.606. The van der Waals surface area contributed by atoms with Gasteiger partial charge in [0.25, 0.3) is 5.91 Å². The van der Waals surface area contributed by atoms with Crippen LogP contribution in [0.5, 0.6) is 0 Å². The highest BCUT2D eigenvalue weighted by Crippen LogP contribution is 2.42. The van der Waals surface area contributed by atoms with E-state index in [1.165, 1.54) is 11.8 Å². The van der Waals surface area contributed by atoms with Crippen molar-refractivity contribution in [1.29, 1.82) is 0 Å². The first-order valence-electron chi connectivity index (χ1n) is 10.2. The van der Waals surface area contributed by atoms with Crippen LogP contribution in [0.2, 0.25) is 5.02 Å². The zero-order chi connectivity index (χ0) is 21.3. The average molecular weight is 441 g/mol. The zero-order valence-electron chi connectivity index (χ0n) is 17.2. The Morgan fingerprint density at radius 1 is 1.13 bits per heavy atom. The first-order chi connectivity index (χ1) is 14.4. The van der Waals surface area contributed by atoms with Gasteiger partial charge in [0.1, 0.15) is 6.54 Å². The van der Waals surface area contributed by atoms with Gasteiger partial charge in [-0.05, 0) is 54.2 Å². The van der Waals surface area contributed by atoms with Gasteiger partial charge < -0.3 is 4.90 Å². The number of halogens is 1. The first kappa shape index (κ1) is 21.0. The van der Waals surface area contributed by atoms with Crippen LogP contribution in [0.3, 0.4) is 0 Å². The summed E-state index contributed by atoms with van der Waals surface area (Å²) in [5.41, 5.74) is 1.66. The van der Waals surface area contributed by atoms with Crippen molar-refractivity contribution < 1.29 is 9.59 Å². The molecule has 4 nitrogen and oxygen atoms in total. The van der Waals surface area contributed by atoms with Crippen LogP contribution in [0.4, 0.5) is 5.69 Å². The standard InChI is InChI=1S/C24H25ClN2O2S/c1-16-10-17(2)14-26(13-16)23(28)15-27-20-8-3-4-9-21(20)30-22(24(27)29)12-18-6-5-7-19(25)11-18/h3-9,11-12,16-17H,10,13-15H2,1-2H3/b22-12+/t16-,17+. The molecule has 0 spiro atoms. The lowest BCUT2D eigenvalue weighted by Crippen LogP contribution is -2.49. The average Bonchev–Trinajstić information content (AvgIpc) is 2.70. The molecule has 2 aliphatic heterocycles. The SMILES string of the molecule is C[C@@H]1C[C@H](C)CN(C(=O)CN2C(=O)/C(=C\c3cccc(Cl)c3)Sc3ccccc32)C1. The number of piperidine rings is 1. The van der Waals surface area contributed by atoms with E-state index >= 15 is 0 Å². The highest BCUT2D eigenvalue weighted by Gasteiger charge is 2.33. The lowest BCUT2D eigenvalue weighted by Gasteiger charge is -2.37. The van der Waals surface area contributed by atoms with Crippen LogP contribution < -0.4 is 4.90 Å². The molecule has 4 rings (SSSR count). The molecule has 1 saturated heterocycles. The zero-order valence-corrected chi connectivity index (χ0v) is 18.7.